The first kappa shape index (κ1) is 28.4. The highest BCUT2D eigenvalue weighted by Gasteiger charge is 2.34. The van der Waals surface area contributed by atoms with Crippen molar-refractivity contribution in [2.24, 2.45) is 5.92 Å². The van der Waals surface area contributed by atoms with Crippen LogP contribution < -0.4 is 10.1 Å². The fourth-order valence-corrected chi connectivity index (χ4v) is 4.23. The highest BCUT2D eigenvalue weighted by Crippen LogP contribution is 2.23. The largest absolute Gasteiger partial charge is 0.493 e. The van der Waals surface area contributed by atoms with E-state index in [1.165, 1.54) is 5.56 Å². The molecule has 1 aliphatic rings. The Bertz CT molecular complexity index is 1010. The van der Waals surface area contributed by atoms with Gasteiger partial charge in [-0.05, 0) is 69.7 Å². The molecule has 2 aromatic rings. The lowest BCUT2D eigenvalue weighted by Gasteiger charge is -2.32. The molecule has 0 unspecified atom stereocenters. The molecule has 1 N–H and O–H groups in total. The molecular weight excluding hydrogens is 466 g/mol. The number of ether oxygens (including phenoxy) is 2. The van der Waals surface area contributed by atoms with Crippen molar-refractivity contribution in [1.29, 1.82) is 0 Å². The number of urea groups is 1. The molecule has 3 rings (SSSR count). The van der Waals surface area contributed by atoms with Gasteiger partial charge in [-0.1, -0.05) is 55.8 Å². The van der Waals surface area contributed by atoms with Crippen LogP contribution in [0.2, 0.25) is 0 Å². The molecule has 3 amide bonds. The lowest BCUT2D eigenvalue weighted by Crippen LogP contribution is -2.48. The van der Waals surface area contributed by atoms with Gasteiger partial charge in [0.05, 0.1) is 12.6 Å². The summed E-state index contributed by atoms with van der Waals surface area (Å²) in [5.74, 6) is 1.29. The number of hydrogen-bond acceptors (Lipinski definition) is 4. The maximum Gasteiger partial charge on any atom is 0.410 e. The van der Waals surface area contributed by atoms with E-state index in [9.17, 15) is 9.59 Å². The number of likely N-dealkylation sites (tertiary alicyclic amines) is 1. The Labute approximate surface area is 222 Å². The van der Waals surface area contributed by atoms with Gasteiger partial charge in [0.2, 0.25) is 0 Å². The Morgan fingerprint density at radius 2 is 1.70 bits per heavy atom. The summed E-state index contributed by atoms with van der Waals surface area (Å²) in [5.41, 5.74) is 2.66. The summed E-state index contributed by atoms with van der Waals surface area (Å²) in [6, 6.07) is 15.8. The average Bonchev–Trinajstić information content (AvgIpc) is 3.30. The Morgan fingerprint density at radius 3 is 2.32 bits per heavy atom. The van der Waals surface area contributed by atoms with Gasteiger partial charge in [0, 0.05) is 26.2 Å². The number of nitrogens with one attached hydrogen (secondary N) is 1. The maximum atomic E-state index is 13.4. The van der Waals surface area contributed by atoms with Crippen LogP contribution in [0.3, 0.4) is 0 Å². The predicted octanol–water partition coefficient (Wildman–Crippen LogP) is 6.14. The van der Waals surface area contributed by atoms with Gasteiger partial charge in [-0.25, -0.2) is 9.59 Å². The monoisotopic (exact) mass is 509 g/mol. The third kappa shape index (κ3) is 9.30. The van der Waals surface area contributed by atoms with Gasteiger partial charge in [-0.2, -0.15) is 0 Å². The molecule has 0 bridgehead atoms. The average molecular weight is 510 g/mol. The zero-order valence-electron chi connectivity index (χ0n) is 23.3. The van der Waals surface area contributed by atoms with Crippen LogP contribution >= 0.6 is 0 Å². The second-order valence-corrected chi connectivity index (χ2v) is 11.3. The van der Waals surface area contributed by atoms with E-state index in [1.807, 2.05) is 64.1 Å². The number of hydrogen-bond donors (Lipinski definition) is 1. The summed E-state index contributed by atoms with van der Waals surface area (Å²) < 4.78 is 11.4. The van der Waals surface area contributed by atoms with Crippen LogP contribution in [-0.2, 0) is 17.8 Å². The quantitative estimate of drug-likeness (QED) is 0.441. The molecule has 0 aliphatic carbocycles. The number of nitrogens with zero attached hydrogens (tertiary/aromatic N) is 2. The molecule has 2 aromatic carbocycles. The van der Waals surface area contributed by atoms with Gasteiger partial charge in [0.1, 0.15) is 11.4 Å². The minimum Gasteiger partial charge on any atom is -0.493 e. The normalized spacial score (nSPS) is 15.5. The molecule has 7 heteroatoms. The summed E-state index contributed by atoms with van der Waals surface area (Å²) in [6.45, 7) is 14.5. The molecule has 7 nitrogen and oxygen atoms in total. The van der Waals surface area contributed by atoms with Gasteiger partial charge in [0.25, 0.3) is 0 Å². The molecule has 1 heterocycles. The highest BCUT2D eigenvalue weighted by atomic mass is 16.6. The van der Waals surface area contributed by atoms with Crippen LogP contribution in [0.5, 0.6) is 5.75 Å². The standard InChI is InChI=1S/C30H43N3O4/c1-22(2)21-36-27-15-13-24(14-16-27)18-31-28(34)32(19-25-11-9-23(3)10-12-25)20-26-8-7-17-33(26)29(35)37-30(4,5)6/h9-16,22,26H,7-8,17-21H2,1-6H3,(H,31,34)/t26-/m0/s1. The van der Waals surface area contributed by atoms with Crippen molar-refractivity contribution in [2.45, 2.75) is 79.1 Å². The predicted molar refractivity (Wildman–Crippen MR) is 147 cm³/mol. The first-order valence-electron chi connectivity index (χ1n) is 13.3. The van der Waals surface area contributed by atoms with E-state index >= 15 is 0 Å². The zero-order chi connectivity index (χ0) is 27.0. The fraction of sp³-hybridized carbons (Fsp3) is 0.533. The van der Waals surface area contributed by atoms with Crippen molar-refractivity contribution in [3.63, 3.8) is 0 Å². The molecule has 1 fully saturated rings. The Morgan fingerprint density at radius 1 is 1.05 bits per heavy atom. The number of rotatable bonds is 9. The topological polar surface area (TPSA) is 71.1 Å². The minimum atomic E-state index is -0.557. The van der Waals surface area contributed by atoms with Crippen molar-refractivity contribution in [2.75, 3.05) is 19.7 Å². The SMILES string of the molecule is Cc1ccc(CN(C[C@@H]2CCCN2C(=O)OC(C)(C)C)C(=O)NCc2ccc(OCC(C)C)cc2)cc1. The van der Waals surface area contributed by atoms with Crippen molar-refractivity contribution >= 4 is 12.1 Å². The van der Waals surface area contributed by atoms with Crippen LogP contribution in [0.4, 0.5) is 9.59 Å². The maximum absolute atomic E-state index is 13.4. The second-order valence-electron chi connectivity index (χ2n) is 11.3. The molecular formula is C30H43N3O4. The fourth-order valence-electron chi connectivity index (χ4n) is 4.23. The third-order valence-corrected chi connectivity index (χ3v) is 6.17. The molecule has 0 saturated carbocycles. The van der Waals surface area contributed by atoms with Crippen molar-refractivity contribution in [3.05, 3.63) is 65.2 Å². The number of aryl methyl sites for hydroxylation is 1. The van der Waals surface area contributed by atoms with Crippen LogP contribution in [0, 0.1) is 12.8 Å². The summed E-state index contributed by atoms with van der Waals surface area (Å²) in [5, 5.41) is 3.07. The van der Waals surface area contributed by atoms with E-state index in [-0.39, 0.29) is 18.2 Å². The summed E-state index contributed by atoms with van der Waals surface area (Å²) in [6.07, 6.45) is 1.43. The summed E-state index contributed by atoms with van der Waals surface area (Å²) in [7, 11) is 0. The first-order valence-corrected chi connectivity index (χ1v) is 13.3. The van der Waals surface area contributed by atoms with Crippen molar-refractivity contribution in [1.82, 2.24) is 15.1 Å². The molecule has 202 valence electrons. The molecule has 0 spiro atoms. The molecule has 1 atom stereocenters. The zero-order valence-corrected chi connectivity index (χ0v) is 23.3. The first-order chi connectivity index (χ1) is 17.5. The van der Waals surface area contributed by atoms with Gasteiger partial charge in [-0.15, -0.1) is 0 Å². The number of carbonyl (C=O) groups excluding carboxylic acids is 2. The number of benzene rings is 2. The van der Waals surface area contributed by atoms with E-state index < -0.39 is 5.60 Å². The van der Waals surface area contributed by atoms with E-state index in [4.69, 9.17) is 9.47 Å². The van der Waals surface area contributed by atoms with E-state index in [1.54, 1.807) is 9.80 Å². The highest BCUT2D eigenvalue weighted by molar-refractivity contribution is 5.74. The van der Waals surface area contributed by atoms with Crippen LogP contribution in [0.1, 0.15) is 64.2 Å². The number of amides is 3. The molecule has 1 saturated heterocycles. The lowest BCUT2D eigenvalue weighted by molar-refractivity contribution is 0.0203. The third-order valence-electron chi connectivity index (χ3n) is 6.17. The van der Waals surface area contributed by atoms with E-state index in [0.29, 0.717) is 38.7 Å². The van der Waals surface area contributed by atoms with Crippen molar-refractivity contribution < 1.29 is 19.1 Å². The van der Waals surface area contributed by atoms with Gasteiger partial charge >= 0.3 is 12.1 Å². The summed E-state index contributed by atoms with van der Waals surface area (Å²) in [4.78, 5) is 29.8. The smallest absolute Gasteiger partial charge is 0.410 e. The summed E-state index contributed by atoms with van der Waals surface area (Å²) >= 11 is 0. The van der Waals surface area contributed by atoms with Crippen molar-refractivity contribution in [3.8, 4) is 5.75 Å². The van der Waals surface area contributed by atoms with Crippen LogP contribution in [0.15, 0.2) is 48.5 Å². The Hall–Kier alpha value is -3.22. The molecule has 0 radical (unpaired) electrons. The Kier molecular flexibility index (Phi) is 9.84. The number of carbonyl (C=O) groups is 2. The molecule has 0 aromatic heterocycles. The van der Waals surface area contributed by atoms with E-state index in [2.05, 4.69) is 31.3 Å². The lowest BCUT2D eigenvalue weighted by atomic mass is 10.1. The minimum absolute atomic E-state index is 0.0802. The van der Waals surface area contributed by atoms with Gasteiger partial charge in [0.15, 0.2) is 0 Å². The molecule has 1 aliphatic heterocycles. The van der Waals surface area contributed by atoms with Crippen LogP contribution in [0.25, 0.3) is 0 Å². The van der Waals surface area contributed by atoms with E-state index in [0.717, 1.165) is 29.7 Å². The van der Waals surface area contributed by atoms with Gasteiger partial charge in [-0.3, -0.25) is 0 Å². The second kappa shape index (κ2) is 12.8. The Balaban J connectivity index is 1.67. The molecule has 37 heavy (non-hydrogen) atoms. The van der Waals surface area contributed by atoms with Gasteiger partial charge < -0.3 is 24.6 Å². The van der Waals surface area contributed by atoms with Crippen LogP contribution in [-0.4, -0.2) is 53.3 Å².